The van der Waals surface area contributed by atoms with Crippen molar-refractivity contribution < 1.29 is 14.3 Å². The van der Waals surface area contributed by atoms with E-state index in [1.165, 1.54) is 18.9 Å². The Morgan fingerprint density at radius 2 is 1.86 bits per heavy atom. The fourth-order valence-corrected chi connectivity index (χ4v) is 3.22. The average Bonchev–Trinajstić information content (AvgIpc) is 2.80. The van der Waals surface area contributed by atoms with E-state index >= 15 is 0 Å². The number of ketones is 1. The van der Waals surface area contributed by atoms with Gasteiger partial charge in [-0.25, -0.2) is 4.79 Å². The van der Waals surface area contributed by atoms with Gasteiger partial charge in [0.2, 0.25) is 0 Å². The lowest BCUT2D eigenvalue weighted by molar-refractivity contribution is 0.0599. The van der Waals surface area contributed by atoms with Gasteiger partial charge < -0.3 is 9.72 Å². The van der Waals surface area contributed by atoms with Crippen LogP contribution in [0.2, 0.25) is 0 Å². The Morgan fingerprint density at radius 1 is 1.23 bits per heavy atom. The average molecular weight is 382 g/mol. The molecule has 0 amide bonds. The Kier molecular flexibility index (Phi) is 5.47. The first kappa shape index (κ1) is 16.8. The third-order valence-electron chi connectivity index (χ3n) is 3.29. The number of esters is 1. The molecule has 2 rings (SSSR count). The molecule has 0 saturated carbocycles. The van der Waals surface area contributed by atoms with Gasteiger partial charge in [0, 0.05) is 15.1 Å². The van der Waals surface area contributed by atoms with Crippen LogP contribution in [0, 0.1) is 13.8 Å². The number of rotatable bonds is 5. The summed E-state index contributed by atoms with van der Waals surface area (Å²) in [7, 11) is 1.33. The van der Waals surface area contributed by atoms with Crippen LogP contribution in [0.3, 0.4) is 0 Å². The number of hydrogen-bond donors (Lipinski definition) is 1. The molecule has 1 N–H and O–H groups in total. The minimum Gasteiger partial charge on any atom is -0.465 e. The highest BCUT2D eigenvalue weighted by Gasteiger charge is 2.22. The molecule has 0 atom stereocenters. The van der Waals surface area contributed by atoms with Crippen molar-refractivity contribution >= 4 is 39.4 Å². The Morgan fingerprint density at radius 3 is 2.45 bits per heavy atom. The van der Waals surface area contributed by atoms with Gasteiger partial charge >= 0.3 is 5.97 Å². The molecule has 0 fully saturated rings. The highest BCUT2D eigenvalue weighted by atomic mass is 79.9. The molecule has 1 aromatic heterocycles. The van der Waals surface area contributed by atoms with Crippen molar-refractivity contribution in [2.24, 2.45) is 0 Å². The maximum Gasteiger partial charge on any atom is 0.339 e. The number of benzene rings is 1. The molecule has 22 heavy (non-hydrogen) atoms. The molecular weight excluding hydrogens is 366 g/mol. The third-order valence-corrected chi connectivity index (χ3v) is 4.83. The van der Waals surface area contributed by atoms with Crippen LogP contribution < -0.4 is 0 Å². The van der Waals surface area contributed by atoms with E-state index in [-0.39, 0.29) is 5.78 Å². The van der Waals surface area contributed by atoms with Crippen LogP contribution in [-0.4, -0.2) is 29.6 Å². The van der Waals surface area contributed by atoms with Gasteiger partial charge in [0.15, 0.2) is 5.78 Å². The molecular formula is C16H16BrNO3S. The number of carbonyl (C=O) groups excluding carboxylic acids is 2. The number of Topliss-reactive ketones (excluding diaryl/α,β-unsaturated/α-hetero) is 1. The van der Waals surface area contributed by atoms with Crippen molar-refractivity contribution in [2.75, 3.05) is 12.9 Å². The third kappa shape index (κ3) is 3.62. The van der Waals surface area contributed by atoms with Crippen molar-refractivity contribution in [3.8, 4) is 0 Å². The van der Waals surface area contributed by atoms with E-state index < -0.39 is 5.97 Å². The van der Waals surface area contributed by atoms with Crippen LogP contribution >= 0.6 is 27.7 Å². The SMILES string of the molecule is COC(=O)c1c(C)[nH]c(C(=O)CSc2ccc(Br)cc2)c1C. The minimum absolute atomic E-state index is 0.0383. The molecule has 6 heteroatoms. The van der Waals surface area contributed by atoms with E-state index in [1.54, 1.807) is 13.8 Å². The molecule has 1 aromatic carbocycles. The normalized spacial score (nSPS) is 10.5. The van der Waals surface area contributed by atoms with Gasteiger partial charge in [0.25, 0.3) is 0 Å². The Labute approximate surface area is 141 Å². The van der Waals surface area contributed by atoms with E-state index in [2.05, 4.69) is 20.9 Å². The van der Waals surface area contributed by atoms with E-state index in [0.717, 1.165) is 9.37 Å². The molecule has 1 heterocycles. The largest absolute Gasteiger partial charge is 0.465 e. The first-order chi connectivity index (χ1) is 10.4. The van der Waals surface area contributed by atoms with E-state index in [4.69, 9.17) is 4.74 Å². The zero-order chi connectivity index (χ0) is 16.3. The number of H-pyrrole nitrogens is 1. The van der Waals surface area contributed by atoms with Crippen molar-refractivity contribution in [3.63, 3.8) is 0 Å². The standard InChI is InChI=1S/C16H16BrNO3S/c1-9-14(16(20)21-3)10(2)18-15(9)13(19)8-22-12-6-4-11(17)5-7-12/h4-7,18H,8H2,1-3H3. The first-order valence-corrected chi connectivity index (χ1v) is 8.41. The highest BCUT2D eigenvalue weighted by Crippen LogP contribution is 2.24. The van der Waals surface area contributed by atoms with Crippen molar-refractivity contribution in [1.29, 1.82) is 0 Å². The molecule has 0 unspecified atom stereocenters. The number of carbonyl (C=O) groups is 2. The van der Waals surface area contributed by atoms with Gasteiger partial charge in [-0.1, -0.05) is 15.9 Å². The Bertz CT molecular complexity index is 707. The molecule has 0 radical (unpaired) electrons. The Balaban J connectivity index is 2.13. The van der Waals surface area contributed by atoms with Gasteiger partial charge in [-0.3, -0.25) is 4.79 Å². The zero-order valence-corrected chi connectivity index (χ0v) is 14.9. The predicted molar refractivity (Wildman–Crippen MR) is 90.8 cm³/mol. The van der Waals surface area contributed by atoms with Crippen molar-refractivity contribution in [2.45, 2.75) is 18.7 Å². The Hall–Kier alpha value is -1.53. The molecule has 0 aliphatic rings. The summed E-state index contributed by atoms with van der Waals surface area (Å²) in [6.07, 6.45) is 0. The summed E-state index contributed by atoms with van der Waals surface area (Å²) in [6, 6.07) is 7.78. The molecule has 2 aromatic rings. The monoisotopic (exact) mass is 381 g/mol. The summed E-state index contributed by atoms with van der Waals surface area (Å²) >= 11 is 4.84. The number of hydrogen-bond acceptors (Lipinski definition) is 4. The summed E-state index contributed by atoms with van der Waals surface area (Å²) in [5.74, 6) is -0.155. The lowest BCUT2D eigenvalue weighted by Crippen LogP contribution is -2.07. The second-order valence-electron chi connectivity index (χ2n) is 4.78. The predicted octanol–water partition coefficient (Wildman–Crippen LogP) is 4.16. The summed E-state index contributed by atoms with van der Waals surface area (Å²) in [6.45, 7) is 3.52. The maximum atomic E-state index is 12.4. The zero-order valence-electron chi connectivity index (χ0n) is 12.5. The lowest BCUT2D eigenvalue weighted by atomic mass is 10.1. The van der Waals surface area contributed by atoms with Gasteiger partial charge in [0.05, 0.1) is 24.1 Å². The van der Waals surface area contributed by atoms with Crippen molar-refractivity contribution in [1.82, 2.24) is 4.98 Å². The molecule has 0 bridgehead atoms. The van der Waals surface area contributed by atoms with Gasteiger partial charge in [-0.15, -0.1) is 11.8 Å². The van der Waals surface area contributed by atoms with Crippen molar-refractivity contribution in [3.05, 3.63) is 51.3 Å². The number of halogens is 1. The van der Waals surface area contributed by atoms with Crippen LogP contribution in [0.15, 0.2) is 33.6 Å². The molecule has 0 saturated heterocycles. The summed E-state index contributed by atoms with van der Waals surface area (Å²) < 4.78 is 5.75. The molecule has 0 spiro atoms. The van der Waals surface area contributed by atoms with Crippen LogP contribution in [0.1, 0.15) is 32.1 Å². The fourth-order valence-electron chi connectivity index (χ4n) is 2.19. The van der Waals surface area contributed by atoms with Crippen LogP contribution in [0.4, 0.5) is 0 Å². The molecule has 0 aliphatic heterocycles. The molecule has 116 valence electrons. The summed E-state index contributed by atoms with van der Waals surface area (Å²) in [5, 5.41) is 0. The minimum atomic E-state index is -0.425. The van der Waals surface area contributed by atoms with Crippen LogP contribution in [0.5, 0.6) is 0 Å². The topological polar surface area (TPSA) is 59.2 Å². The number of aromatic nitrogens is 1. The smallest absolute Gasteiger partial charge is 0.339 e. The lowest BCUT2D eigenvalue weighted by Gasteiger charge is -2.02. The summed E-state index contributed by atoms with van der Waals surface area (Å²) in [4.78, 5) is 28.1. The first-order valence-electron chi connectivity index (χ1n) is 6.63. The number of ether oxygens (including phenoxy) is 1. The molecule has 4 nitrogen and oxygen atoms in total. The maximum absolute atomic E-state index is 12.4. The highest BCUT2D eigenvalue weighted by molar-refractivity contribution is 9.10. The number of aromatic amines is 1. The number of methoxy groups -OCH3 is 1. The number of thioether (sulfide) groups is 1. The van der Waals surface area contributed by atoms with Crippen LogP contribution in [-0.2, 0) is 4.74 Å². The quantitative estimate of drug-likeness (QED) is 0.479. The number of nitrogens with one attached hydrogen (secondary N) is 1. The second-order valence-corrected chi connectivity index (χ2v) is 6.75. The summed E-state index contributed by atoms with van der Waals surface area (Å²) in [5.41, 5.74) is 2.22. The van der Waals surface area contributed by atoms with Gasteiger partial charge in [-0.2, -0.15) is 0 Å². The van der Waals surface area contributed by atoms with E-state index in [1.807, 2.05) is 24.3 Å². The van der Waals surface area contributed by atoms with Crippen LogP contribution in [0.25, 0.3) is 0 Å². The fraction of sp³-hybridized carbons (Fsp3) is 0.250. The second kappa shape index (κ2) is 7.15. The molecule has 0 aliphatic carbocycles. The van der Waals surface area contributed by atoms with E-state index in [9.17, 15) is 9.59 Å². The van der Waals surface area contributed by atoms with Gasteiger partial charge in [0.1, 0.15) is 0 Å². The number of aryl methyl sites for hydroxylation is 1. The van der Waals surface area contributed by atoms with Gasteiger partial charge in [-0.05, 0) is 43.7 Å². The van der Waals surface area contributed by atoms with E-state index in [0.29, 0.717) is 28.3 Å².